The van der Waals surface area contributed by atoms with E-state index in [0.717, 1.165) is 0 Å². The zero-order valence-corrected chi connectivity index (χ0v) is 12.6. The van der Waals surface area contributed by atoms with Crippen LogP contribution in [0.4, 0.5) is 0 Å². The molecular weight excluding hydrogens is 292 g/mol. The highest BCUT2D eigenvalue weighted by atomic mass is 32.2. The molecule has 1 aromatic rings. The van der Waals surface area contributed by atoms with Crippen LogP contribution in [0.25, 0.3) is 0 Å². The maximum atomic E-state index is 12.1. The average Bonchev–Trinajstić information content (AvgIpc) is 2.77. The Morgan fingerprint density at radius 3 is 2.95 bits per heavy atom. The smallest absolute Gasteiger partial charge is 0.215 e. The second-order valence-corrected chi connectivity index (χ2v) is 7.07. The Bertz CT molecular complexity index is 653. The second kappa shape index (κ2) is 6.12. The molecule has 21 heavy (non-hydrogen) atoms. The lowest BCUT2D eigenvalue weighted by Crippen LogP contribution is -2.47. The number of nitrogens with zero attached hydrogens (tertiary/aromatic N) is 1. The maximum Gasteiger partial charge on any atom is 0.215 e. The van der Waals surface area contributed by atoms with E-state index in [1.54, 1.807) is 25.1 Å². The molecule has 2 rings (SSSR count). The van der Waals surface area contributed by atoms with Crippen LogP contribution in [0.5, 0.6) is 0 Å². The first kappa shape index (κ1) is 15.9. The van der Waals surface area contributed by atoms with Crippen LogP contribution in [0, 0.1) is 11.3 Å². The van der Waals surface area contributed by atoms with Gasteiger partial charge in [0.2, 0.25) is 10.0 Å². The number of sulfonamides is 1. The Morgan fingerprint density at radius 1 is 1.57 bits per heavy atom. The average molecular weight is 310 g/mol. The fraction of sp³-hybridized carbons (Fsp3) is 0.500. The minimum Gasteiger partial charge on any atom is -0.386 e. The number of nitriles is 1. The van der Waals surface area contributed by atoms with Gasteiger partial charge in [0, 0.05) is 19.6 Å². The summed E-state index contributed by atoms with van der Waals surface area (Å²) in [5, 5.41) is 19.1. The molecule has 0 aliphatic carbocycles. The minimum absolute atomic E-state index is 0.0750. The number of rotatable bonds is 5. The van der Waals surface area contributed by atoms with Crippen LogP contribution >= 0.6 is 0 Å². The van der Waals surface area contributed by atoms with Crippen LogP contribution in [0.15, 0.2) is 24.3 Å². The van der Waals surface area contributed by atoms with E-state index in [4.69, 9.17) is 10.00 Å². The Morgan fingerprint density at radius 2 is 2.33 bits per heavy atom. The minimum atomic E-state index is -3.58. The van der Waals surface area contributed by atoms with Gasteiger partial charge in [-0.1, -0.05) is 12.1 Å². The van der Waals surface area contributed by atoms with Gasteiger partial charge in [-0.3, -0.25) is 0 Å². The highest BCUT2D eigenvalue weighted by Crippen LogP contribution is 2.25. The van der Waals surface area contributed by atoms with E-state index in [2.05, 4.69) is 4.72 Å². The molecule has 0 saturated carbocycles. The summed E-state index contributed by atoms with van der Waals surface area (Å²) >= 11 is 0. The van der Waals surface area contributed by atoms with Gasteiger partial charge in [0.25, 0.3) is 0 Å². The molecule has 0 spiro atoms. The van der Waals surface area contributed by atoms with Gasteiger partial charge < -0.3 is 9.84 Å². The molecule has 114 valence electrons. The van der Waals surface area contributed by atoms with Gasteiger partial charge in [-0.25, -0.2) is 13.1 Å². The van der Waals surface area contributed by atoms with Crippen molar-refractivity contribution in [1.29, 1.82) is 5.26 Å². The molecule has 7 heteroatoms. The molecule has 1 aliphatic heterocycles. The molecule has 0 bridgehead atoms. The van der Waals surface area contributed by atoms with Gasteiger partial charge in [-0.15, -0.1) is 0 Å². The molecule has 0 amide bonds. The summed E-state index contributed by atoms with van der Waals surface area (Å²) in [7, 11) is -3.58. The van der Waals surface area contributed by atoms with Crippen molar-refractivity contribution < 1.29 is 18.3 Å². The largest absolute Gasteiger partial charge is 0.386 e. The number of hydrogen-bond acceptors (Lipinski definition) is 5. The molecule has 1 aliphatic rings. The number of aliphatic hydroxyl groups is 1. The summed E-state index contributed by atoms with van der Waals surface area (Å²) < 4.78 is 31.8. The van der Waals surface area contributed by atoms with E-state index in [1.807, 2.05) is 6.07 Å². The van der Waals surface area contributed by atoms with Crippen molar-refractivity contribution in [2.24, 2.45) is 0 Å². The van der Waals surface area contributed by atoms with Crippen molar-refractivity contribution in [3.8, 4) is 6.07 Å². The highest BCUT2D eigenvalue weighted by Gasteiger charge is 2.40. The lowest BCUT2D eigenvalue weighted by atomic mass is 9.97. The molecule has 6 nitrogen and oxygen atoms in total. The van der Waals surface area contributed by atoms with Crippen molar-refractivity contribution in [2.75, 3.05) is 13.2 Å². The summed E-state index contributed by atoms with van der Waals surface area (Å²) in [6.07, 6.45) is 0.00256. The predicted octanol–water partition coefficient (Wildman–Crippen LogP) is 0.518. The van der Waals surface area contributed by atoms with E-state index >= 15 is 0 Å². The Balaban J connectivity index is 2.00. The molecule has 1 saturated heterocycles. The van der Waals surface area contributed by atoms with Gasteiger partial charge in [0.05, 0.1) is 23.5 Å². The zero-order valence-electron chi connectivity index (χ0n) is 11.7. The van der Waals surface area contributed by atoms with E-state index in [9.17, 15) is 13.5 Å². The number of nitrogens with one attached hydrogen (secondary N) is 1. The summed E-state index contributed by atoms with van der Waals surface area (Å²) in [6, 6.07) is 8.41. The third kappa shape index (κ3) is 4.02. The SMILES string of the molecule is CC1OCCC1(O)CNS(=O)(=O)Cc1cccc(C#N)c1. The third-order valence-electron chi connectivity index (χ3n) is 3.67. The van der Waals surface area contributed by atoms with Crippen LogP contribution in [0.2, 0.25) is 0 Å². The van der Waals surface area contributed by atoms with Crippen molar-refractivity contribution in [1.82, 2.24) is 4.72 Å². The Hall–Kier alpha value is -1.46. The van der Waals surface area contributed by atoms with Crippen LogP contribution in [-0.4, -0.2) is 38.4 Å². The third-order valence-corrected chi connectivity index (χ3v) is 4.97. The van der Waals surface area contributed by atoms with Crippen molar-refractivity contribution in [3.63, 3.8) is 0 Å². The van der Waals surface area contributed by atoms with Crippen molar-refractivity contribution >= 4 is 10.0 Å². The van der Waals surface area contributed by atoms with Gasteiger partial charge in [-0.05, 0) is 24.6 Å². The van der Waals surface area contributed by atoms with Crippen molar-refractivity contribution in [3.05, 3.63) is 35.4 Å². The Labute approximate surface area is 124 Å². The summed E-state index contributed by atoms with van der Waals surface area (Å²) in [6.45, 7) is 2.07. The molecular formula is C14H18N2O4S. The lowest BCUT2D eigenvalue weighted by molar-refractivity contribution is -0.0228. The van der Waals surface area contributed by atoms with Gasteiger partial charge in [0.15, 0.2) is 0 Å². The summed E-state index contributed by atoms with van der Waals surface area (Å²) in [4.78, 5) is 0. The van der Waals surface area contributed by atoms with Crippen LogP contribution < -0.4 is 4.72 Å². The summed E-state index contributed by atoms with van der Waals surface area (Å²) in [5.74, 6) is -0.228. The van der Waals surface area contributed by atoms with Gasteiger partial charge >= 0.3 is 0 Å². The van der Waals surface area contributed by atoms with Crippen LogP contribution in [-0.2, 0) is 20.5 Å². The van der Waals surface area contributed by atoms with Gasteiger partial charge in [-0.2, -0.15) is 5.26 Å². The number of benzene rings is 1. The van der Waals surface area contributed by atoms with Crippen LogP contribution in [0.1, 0.15) is 24.5 Å². The van der Waals surface area contributed by atoms with E-state index in [1.165, 1.54) is 6.07 Å². The van der Waals surface area contributed by atoms with E-state index in [-0.39, 0.29) is 12.3 Å². The van der Waals surface area contributed by atoms with E-state index in [0.29, 0.717) is 24.2 Å². The van der Waals surface area contributed by atoms with Crippen molar-refractivity contribution in [2.45, 2.75) is 30.8 Å². The molecule has 2 atom stereocenters. The highest BCUT2D eigenvalue weighted by molar-refractivity contribution is 7.88. The zero-order chi connectivity index (χ0) is 15.5. The maximum absolute atomic E-state index is 12.1. The monoisotopic (exact) mass is 310 g/mol. The topological polar surface area (TPSA) is 99.4 Å². The fourth-order valence-electron chi connectivity index (χ4n) is 2.24. The number of ether oxygens (including phenoxy) is 1. The molecule has 0 radical (unpaired) electrons. The predicted molar refractivity (Wildman–Crippen MR) is 76.8 cm³/mol. The lowest BCUT2D eigenvalue weighted by Gasteiger charge is -2.26. The molecule has 2 N–H and O–H groups in total. The quantitative estimate of drug-likeness (QED) is 0.826. The Kier molecular flexibility index (Phi) is 4.64. The molecule has 0 aromatic heterocycles. The molecule has 1 heterocycles. The summed E-state index contributed by atoms with van der Waals surface area (Å²) in [5.41, 5.74) is -0.218. The molecule has 1 aromatic carbocycles. The second-order valence-electron chi connectivity index (χ2n) is 5.26. The van der Waals surface area contributed by atoms with Crippen LogP contribution in [0.3, 0.4) is 0 Å². The normalized spacial score (nSPS) is 25.7. The fourth-order valence-corrected chi connectivity index (χ4v) is 3.43. The van der Waals surface area contributed by atoms with E-state index < -0.39 is 21.7 Å². The van der Waals surface area contributed by atoms with Gasteiger partial charge in [0.1, 0.15) is 5.60 Å². The molecule has 1 fully saturated rings. The first-order valence-electron chi connectivity index (χ1n) is 6.65. The standard InChI is InChI=1S/C14H18N2O4S/c1-11-14(17,5-6-20-11)10-16-21(18,19)9-13-4-2-3-12(7-13)8-15/h2-4,7,11,16-17H,5-6,9-10H2,1H3. The number of hydrogen-bond donors (Lipinski definition) is 2. The first-order chi connectivity index (χ1) is 9.85. The molecule has 2 unspecified atom stereocenters. The first-order valence-corrected chi connectivity index (χ1v) is 8.30.